The molecule has 7 nitrogen and oxygen atoms in total. The summed E-state index contributed by atoms with van der Waals surface area (Å²) in [5, 5.41) is 15.7. The maximum atomic E-state index is 11.8. The van der Waals surface area contributed by atoms with E-state index in [1.165, 1.54) is 19.3 Å². The van der Waals surface area contributed by atoms with E-state index in [0.717, 1.165) is 61.5 Å². The topological polar surface area (TPSA) is 80.5 Å². The molecule has 7 heteroatoms. The highest BCUT2D eigenvalue weighted by Crippen LogP contribution is 2.37. The third-order valence-electron chi connectivity index (χ3n) is 6.49. The lowest BCUT2D eigenvalue weighted by atomic mass is 9.85. The van der Waals surface area contributed by atoms with Gasteiger partial charge in [-0.2, -0.15) is 5.10 Å². The predicted octanol–water partition coefficient (Wildman–Crippen LogP) is 3.92. The van der Waals surface area contributed by atoms with Crippen LogP contribution in [-0.4, -0.2) is 52.6 Å². The summed E-state index contributed by atoms with van der Waals surface area (Å²) in [4.78, 5) is 18.7. The van der Waals surface area contributed by atoms with Crippen LogP contribution >= 0.6 is 0 Å². The summed E-state index contributed by atoms with van der Waals surface area (Å²) in [6, 6.07) is 1.75. The summed E-state index contributed by atoms with van der Waals surface area (Å²) < 4.78 is 7.30. The van der Waals surface area contributed by atoms with E-state index < -0.39 is 5.97 Å². The highest BCUT2D eigenvalue weighted by molar-refractivity contribution is 5.98. The first kappa shape index (κ1) is 20.1. The summed E-state index contributed by atoms with van der Waals surface area (Å²) in [5.74, 6) is 0.465. The standard InChI is InChI=1S/C22H32N4O3/c1-14(2)20-19-18(25-9-7-16(8-10-25)13-29-3)11-17(22(27)28)23-21(19)26(24-20)12-15-5-4-6-15/h11,14-16H,4-10,12-13H2,1-3H3,(H,27,28). The van der Waals surface area contributed by atoms with Gasteiger partial charge < -0.3 is 14.7 Å². The maximum absolute atomic E-state index is 11.8. The molecule has 0 amide bonds. The van der Waals surface area contributed by atoms with Crippen molar-refractivity contribution in [2.45, 2.75) is 58.4 Å². The number of hydrogen-bond acceptors (Lipinski definition) is 5. The highest BCUT2D eigenvalue weighted by Gasteiger charge is 2.28. The molecule has 0 bridgehead atoms. The van der Waals surface area contributed by atoms with Crippen LogP contribution in [0.15, 0.2) is 6.07 Å². The van der Waals surface area contributed by atoms with Crippen LogP contribution in [0.25, 0.3) is 11.0 Å². The molecule has 3 heterocycles. The van der Waals surface area contributed by atoms with Crippen molar-refractivity contribution < 1.29 is 14.6 Å². The fourth-order valence-corrected chi connectivity index (χ4v) is 4.57. The van der Waals surface area contributed by atoms with Gasteiger partial charge in [0.1, 0.15) is 0 Å². The van der Waals surface area contributed by atoms with E-state index in [-0.39, 0.29) is 11.6 Å². The second kappa shape index (κ2) is 8.30. The molecule has 2 fully saturated rings. The third kappa shape index (κ3) is 3.97. The number of carbonyl (C=O) groups is 1. The number of fused-ring (bicyclic) bond motifs is 1. The van der Waals surface area contributed by atoms with Gasteiger partial charge >= 0.3 is 5.97 Å². The maximum Gasteiger partial charge on any atom is 0.354 e. The number of pyridine rings is 1. The fraction of sp³-hybridized carbons (Fsp3) is 0.682. The van der Waals surface area contributed by atoms with E-state index >= 15 is 0 Å². The molecule has 1 N–H and O–H groups in total. The van der Waals surface area contributed by atoms with Crippen LogP contribution in [0.5, 0.6) is 0 Å². The number of piperidine rings is 1. The van der Waals surface area contributed by atoms with E-state index in [1.54, 1.807) is 13.2 Å². The molecule has 4 rings (SSSR count). The average Bonchev–Trinajstić information content (AvgIpc) is 3.04. The number of hydrogen-bond donors (Lipinski definition) is 1. The molecule has 158 valence electrons. The largest absolute Gasteiger partial charge is 0.477 e. The van der Waals surface area contributed by atoms with Crippen LogP contribution < -0.4 is 4.90 Å². The van der Waals surface area contributed by atoms with E-state index in [2.05, 4.69) is 23.7 Å². The molecule has 0 unspecified atom stereocenters. The van der Waals surface area contributed by atoms with Gasteiger partial charge in [0.2, 0.25) is 0 Å². The van der Waals surface area contributed by atoms with Crippen molar-refractivity contribution in [1.82, 2.24) is 14.8 Å². The number of nitrogens with zero attached hydrogens (tertiary/aromatic N) is 4. The molecule has 1 saturated carbocycles. The minimum Gasteiger partial charge on any atom is -0.477 e. The number of methoxy groups -OCH3 is 1. The average molecular weight is 401 g/mol. The number of ether oxygens (including phenoxy) is 1. The molecule has 2 aromatic heterocycles. The zero-order valence-electron chi connectivity index (χ0n) is 17.7. The number of anilines is 1. The number of carboxylic acids is 1. The van der Waals surface area contributed by atoms with Crippen molar-refractivity contribution >= 4 is 22.7 Å². The van der Waals surface area contributed by atoms with Gasteiger partial charge in [0.15, 0.2) is 11.3 Å². The Morgan fingerprint density at radius 2 is 1.97 bits per heavy atom. The zero-order valence-corrected chi connectivity index (χ0v) is 17.7. The van der Waals surface area contributed by atoms with Gasteiger partial charge in [-0.15, -0.1) is 0 Å². The van der Waals surface area contributed by atoms with Crippen LogP contribution in [0.2, 0.25) is 0 Å². The lowest BCUT2D eigenvalue weighted by Gasteiger charge is -2.34. The van der Waals surface area contributed by atoms with Crippen molar-refractivity contribution in [3.05, 3.63) is 17.5 Å². The summed E-state index contributed by atoms with van der Waals surface area (Å²) in [6.45, 7) is 7.71. The number of rotatable bonds is 7. The molecular formula is C22H32N4O3. The smallest absolute Gasteiger partial charge is 0.354 e. The Morgan fingerprint density at radius 3 is 2.52 bits per heavy atom. The molecule has 1 saturated heterocycles. The second-order valence-corrected chi connectivity index (χ2v) is 8.94. The summed E-state index contributed by atoms with van der Waals surface area (Å²) in [6.07, 6.45) is 5.81. The quantitative estimate of drug-likeness (QED) is 0.759. The van der Waals surface area contributed by atoms with Gasteiger partial charge in [0.05, 0.1) is 16.8 Å². The minimum atomic E-state index is -0.982. The first-order chi connectivity index (χ1) is 14.0. The highest BCUT2D eigenvalue weighted by atomic mass is 16.5. The number of aromatic nitrogens is 3. The molecular weight excluding hydrogens is 368 g/mol. The van der Waals surface area contributed by atoms with Crippen LogP contribution in [-0.2, 0) is 11.3 Å². The Bertz CT molecular complexity index is 880. The van der Waals surface area contributed by atoms with Gasteiger partial charge in [-0.25, -0.2) is 14.5 Å². The Hall–Kier alpha value is -2.15. The van der Waals surface area contributed by atoms with Crippen molar-refractivity contribution in [1.29, 1.82) is 0 Å². The summed E-state index contributed by atoms with van der Waals surface area (Å²) in [7, 11) is 1.75. The van der Waals surface area contributed by atoms with Crippen LogP contribution in [0.1, 0.15) is 68.1 Å². The lowest BCUT2D eigenvalue weighted by Crippen LogP contribution is -2.35. The SMILES string of the molecule is COCC1CCN(c2cc(C(=O)O)nc3c2c(C(C)C)nn3CC2CCC2)CC1. The molecule has 29 heavy (non-hydrogen) atoms. The fourth-order valence-electron chi connectivity index (χ4n) is 4.57. The predicted molar refractivity (Wildman–Crippen MR) is 113 cm³/mol. The Labute approximate surface area is 172 Å². The minimum absolute atomic E-state index is 0.108. The second-order valence-electron chi connectivity index (χ2n) is 8.94. The molecule has 1 aliphatic heterocycles. The summed E-state index contributed by atoms with van der Waals surface area (Å²) >= 11 is 0. The molecule has 0 aromatic carbocycles. The monoisotopic (exact) mass is 400 g/mol. The molecule has 2 aromatic rings. The van der Waals surface area contributed by atoms with Gasteiger partial charge in [-0.05, 0) is 49.5 Å². The lowest BCUT2D eigenvalue weighted by molar-refractivity contribution is 0.0691. The van der Waals surface area contributed by atoms with Crippen molar-refractivity contribution in [3.8, 4) is 0 Å². The van der Waals surface area contributed by atoms with Crippen molar-refractivity contribution in [2.75, 3.05) is 31.7 Å². The van der Waals surface area contributed by atoms with E-state index in [4.69, 9.17) is 9.84 Å². The van der Waals surface area contributed by atoms with Crippen LogP contribution in [0.4, 0.5) is 5.69 Å². The van der Waals surface area contributed by atoms with Gasteiger partial charge in [0, 0.05) is 33.4 Å². The Morgan fingerprint density at radius 1 is 1.24 bits per heavy atom. The van der Waals surface area contributed by atoms with E-state index in [0.29, 0.717) is 11.8 Å². The molecule has 1 aliphatic carbocycles. The first-order valence-corrected chi connectivity index (χ1v) is 10.9. The first-order valence-electron chi connectivity index (χ1n) is 10.9. The Balaban J connectivity index is 1.78. The molecule has 0 atom stereocenters. The molecule has 2 aliphatic rings. The van der Waals surface area contributed by atoms with Gasteiger partial charge in [-0.1, -0.05) is 20.3 Å². The normalized spacial score (nSPS) is 18.6. The van der Waals surface area contributed by atoms with Crippen molar-refractivity contribution in [3.63, 3.8) is 0 Å². The van der Waals surface area contributed by atoms with Crippen LogP contribution in [0.3, 0.4) is 0 Å². The van der Waals surface area contributed by atoms with E-state index in [9.17, 15) is 9.90 Å². The Kier molecular flexibility index (Phi) is 5.76. The molecule has 0 radical (unpaired) electrons. The zero-order chi connectivity index (χ0) is 20.5. The summed E-state index contributed by atoms with van der Waals surface area (Å²) in [5.41, 5.74) is 2.84. The van der Waals surface area contributed by atoms with E-state index in [1.807, 2.05) is 4.68 Å². The molecule has 0 spiro atoms. The van der Waals surface area contributed by atoms with Crippen LogP contribution in [0, 0.1) is 11.8 Å². The number of carboxylic acid groups (broad SMARTS) is 1. The van der Waals surface area contributed by atoms with Crippen molar-refractivity contribution in [2.24, 2.45) is 11.8 Å². The van der Waals surface area contributed by atoms with Gasteiger partial charge in [-0.3, -0.25) is 0 Å². The third-order valence-corrected chi connectivity index (χ3v) is 6.49. The van der Waals surface area contributed by atoms with Gasteiger partial charge in [0.25, 0.3) is 0 Å². The number of aromatic carboxylic acids is 1.